The summed E-state index contributed by atoms with van der Waals surface area (Å²) >= 11 is 3.09. The second-order valence-electron chi connectivity index (χ2n) is 3.98. The molecule has 2 rings (SSSR count). The Kier molecular flexibility index (Phi) is 4.50. The van der Waals surface area contributed by atoms with Gasteiger partial charge in [-0.3, -0.25) is 0 Å². The van der Waals surface area contributed by atoms with E-state index in [-0.39, 0.29) is 5.75 Å². The van der Waals surface area contributed by atoms with Gasteiger partial charge in [-0.05, 0) is 42.8 Å². The molecule has 0 aliphatic rings. The molecule has 100 valence electrons. The maximum Gasteiger partial charge on any atom is 0.201 e. The van der Waals surface area contributed by atoms with Crippen molar-refractivity contribution in [3.05, 3.63) is 58.1 Å². The van der Waals surface area contributed by atoms with Crippen LogP contribution in [0.3, 0.4) is 0 Å². The fourth-order valence-corrected chi connectivity index (χ4v) is 2.03. The molecular formula is C14H12BrF2NO. The lowest BCUT2D eigenvalue weighted by Crippen LogP contribution is -2.02. The quantitative estimate of drug-likeness (QED) is 0.861. The molecule has 2 nitrogen and oxygen atoms in total. The highest BCUT2D eigenvalue weighted by Gasteiger charge is 2.12. The van der Waals surface area contributed by atoms with Crippen molar-refractivity contribution in [2.45, 2.75) is 6.42 Å². The molecule has 0 spiro atoms. The van der Waals surface area contributed by atoms with E-state index in [0.717, 1.165) is 18.1 Å². The van der Waals surface area contributed by atoms with E-state index >= 15 is 0 Å². The van der Waals surface area contributed by atoms with Crippen molar-refractivity contribution in [1.82, 2.24) is 0 Å². The summed E-state index contributed by atoms with van der Waals surface area (Å²) in [6.07, 6.45) is 0.764. The Hall–Kier alpha value is -1.46. The van der Waals surface area contributed by atoms with Gasteiger partial charge >= 0.3 is 0 Å². The van der Waals surface area contributed by atoms with Crippen molar-refractivity contribution in [2.24, 2.45) is 5.73 Å². The summed E-state index contributed by atoms with van der Waals surface area (Å²) in [5.41, 5.74) is 6.51. The largest absolute Gasteiger partial charge is 0.454 e. The molecule has 2 aromatic rings. The van der Waals surface area contributed by atoms with Gasteiger partial charge in [-0.25, -0.2) is 4.39 Å². The van der Waals surface area contributed by atoms with Gasteiger partial charge in [0.15, 0.2) is 11.6 Å². The lowest BCUT2D eigenvalue weighted by atomic mass is 10.1. The Balaban J connectivity index is 2.21. The average molecular weight is 328 g/mol. The Morgan fingerprint density at radius 1 is 1.11 bits per heavy atom. The molecule has 2 aromatic carbocycles. The van der Waals surface area contributed by atoms with Crippen LogP contribution < -0.4 is 10.5 Å². The zero-order valence-electron chi connectivity index (χ0n) is 10.00. The van der Waals surface area contributed by atoms with Crippen LogP contribution in [0.15, 0.2) is 40.9 Å². The van der Waals surface area contributed by atoms with Gasteiger partial charge in [-0.15, -0.1) is 0 Å². The number of nitrogens with two attached hydrogens (primary N) is 1. The first-order valence-electron chi connectivity index (χ1n) is 5.71. The van der Waals surface area contributed by atoms with E-state index in [4.69, 9.17) is 10.5 Å². The Morgan fingerprint density at radius 2 is 1.79 bits per heavy atom. The van der Waals surface area contributed by atoms with E-state index in [1.807, 2.05) is 12.1 Å². The summed E-state index contributed by atoms with van der Waals surface area (Å²) in [5, 5.41) is 0. The van der Waals surface area contributed by atoms with Crippen molar-refractivity contribution in [3.8, 4) is 11.5 Å². The minimum absolute atomic E-state index is 0.154. The van der Waals surface area contributed by atoms with E-state index in [0.29, 0.717) is 16.8 Å². The highest BCUT2D eigenvalue weighted by Crippen LogP contribution is 2.29. The molecule has 0 heterocycles. The molecule has 0 saturated carbocycles. The van der Waals surface area contributed by atoms with Gasteiger partial charge < -0.3 is 10.5 Å². The van der Waals surface area contributed by atoms with Gasteiger partial charge in [0.05, 0.1) is 0 Å². The molecule has 19 heavy (non-hydrogen) atoms. The van der Waals surface area contributed by atoms with Gasteiger partial charge in [-0.1, -0.05) is 28.1 Å². The topological polar surface area (TPSA) is 35.2 Å². The molecule has 0 atom stereocenters. The van der Waals surface area contributed by atoms with Gasteiger partial charge in [-0.2, -0.15) is 4.39 Å². The number of hydrogen-bond acceptors (Lipinski definition) is 2. The molecular weight excluding hydrogens is 316 g/mol. The van der Waals surface area contributed by atoms with E-state index < -0.39 is 11.6 Å². The van der Waals surface area contributed by atoms with Crippen molar-refractivity contribution in [2.75, 3.05) is 6.54 Å². The van der Waals surface area contributed by atoms with E-state index in [1.165, 1.54) is 6.07 Å². The van der Waals surface area contributed by atoms with Crippen LogP contribution in [0.4, 0.5) is 8.78 Å². The Bertz CT molecular complexity index is 572. The summed E-state index contributed by atoms with van der Waals surface area (Å²) in [6, 6.07) is 9.51. The molecule has 0 aliphatic carbocycles. The summed E-state index contributed by atoms with van der Waals surface area (Å²) in [4.78, 5) is 0. The lowest BCUT2D eigenvalue weighted by molar-refractivity contribution is 0.415. The third-order valence-corrected chi connectivity index (χ3v) is 3.00. The van der Waals surface area contributed by atoms with Crippen molar-refractivity contribution >= 4 is 15.9 Å². The third-order valence-electron chi connectivity index (χ3n) is 2.54. The highest BCUT2D eigenvalue weighted by molar-refractivity contribution is 9.10. The number of benzene rings is 2. The molecule has 0 aromatic heterocycles. The normalized spacial score (nSPS) is 10.5. The number of hydrogen-bond donors (Lipinski definition) is 1. The SMILES string of the molecule is NCCc1ccc(Oc2cc(Br)cc(F)c2F)cc1. The standard InChI is InChI=1S/C14H12BrF2NO/c15-10-7-12(16)14(17)13(8-10)19-11-3-1-9(2-4-11)5-6-18/h1-4,7-8H,5-6,18H2. The molecule has 0 bridgehead atoms. The fraction of sp³-hybridized carbons (Fsp3) is 0.143. The van der Waals surface area contributed by atoms with E-state index in [9.17, 15) is 8.78 Å². The third kappa shape index (κ3) is 3.52. The van der Waals surface area contributed by atoms with Crippen LogP contribution >= 0.6 is 15.9 Å². The van der Waals surface area contributed by atoms with Crippen LogP contribution in [0.5, 0.6) is 11.5 Å². The van der Waals surface area contributed by atoms with Crippen LogP contribution in [0, 0.1) is 11.6 Å². The van der Waals surface area contributed by atoms with Crippen LogP contribution in [0.2, 0.25) is 0 Å². The van der Waals surface area contributed by atoms with Crippen molar-refractivity contribution in [3.63, 3.8) is 0 Å². The highest BCUT2D eigenvalue weighted by atomic mass is 79.9. The second kappa shape index (κ2) is 6.12. The molecule has 5 heteroatoms. The Morgan fingerprint density at radius 3 is 2.42 bits per heavy atom. The second-order valence-corrected chi connectivity index (χ2v) is 4.90. The molecule has 0 amide bonds. The first-order chi connectivity index (χ1) is 9.10. The van der Waals surface area contributed by atoms with Gasteiger partial charge in [0.2, 0.25) is 5.82 Å². The smallest absolute Gasteiger partial charge is 0.201 e. The predicted octanol–water partition coefficient (Wildman–Crippen LogP) is 4.02. The summed E-state index contributed by atoms with van der Waals surface area (Å²) in [5.74, 6) is -1.67. The van der Waals surface area contributed by atoms with Crippen LogP contribution in [0.25, 0.3) is 0 Å². The van der Waals surface area contributed by atoms with Crippen molar-refractivity contribution < 1.29 is 13.5 Å². The van der Waals surface area contributed by atoms with Crippen LogP contribution in [-0.2, 0) is 6.42 Å². The predicted molar refractivity (Wildman–Crippen MR) is 73.3 cm³/mol. The molecule has 0 saturated heterocycles. The minimum atomic E-state index is -1.01. The number of ether oxygens (including phenoxy) is 1. The van der Waals surface area contributed by atoms with Gasteiger partial charge in [0, 0.05) is 4.47 Å². The maximum atomic E-state index is 13.5. The monoisotopic (exact) mass is 327 g/mol. The molecule has 2 N–H and O–H groups in total. The first-order valence-corrected chi connectivity index (χ1v) is 6.51. The molecule has 0 aliphatic heterocycles. The minimum Gasteiger partial charge on any atom is -0.454 e. The summed E-state index contributed by atoms with van der Waals surface area (Å²) in [6.45, 7) is 0.561. The lowest BCUT2D eigenvalue weighted by Gasteiger charge is -2.08. The van der Waals surface area contributed by atoms with Crippen molar-refractivity contribution in [1.29, 1.82) is 0 Å². The first kappa shape index (κ1) is 14.0. The zero-order valence-corrected chi connectivity index (χ0v) is 11.6. The number of halogens is 3. The van der Waals surface area contributed by atoms with Crippen LogP contribution in [0.1, 0.15) is 5.56 Å². The fourth-order valence-electron chi connectivity index (χ4n) is 1.62. The van der Waals surface area contributed by atoms with E-state index in [2.05, 4.69) is 15.9 Å². The number of rotatable bonds is 4. The molecule has 0 fully saturated rings. The maximum absolute atomic E-state index is 13.5. The Labute approximate surface area is 118 Å². The molecule has 0 unspecified atom stereocenters. The zero-order chi connectivity index (χ0) is 13.8. The summed E-state index contributed by atoms with van der Waals surface area (Å²) < 4.78 is 32.5. The summed E-state index contributed by atoms with van der Waals surface area (Å²) in [7, 11) is 0. The van der Waals surface area contributed by atoms with Crippen LogP contribution in [-0.4, -0.2) is 6.54 Å². The molecule has 0 radical (unpaired) electrons. The van der Waals surface area contributed by atoms with Gasteiger partial charge in [0.1, 0.15) is 5.75 Å². The van der Waals surface area contributed by atoms with Gasteiger partial charge in [0.25, 0.3) is 0 Å². The average Bonchev–Trinajstić information content (AvgIpc) is 2.38. The van der Waals surface area contributed by atoms with E-state index in [1.54, 1.807) is 12.1 Å².